The predicted octanol–water partition coefficient (Wildman–Crippen LogP) is 1.27. The number of aromatic nitrogens is 1. The predicted molar refractivity (Wildman–Crippen MR) is 95.9 cm³/mol. The first kappa shape index (κ1) is 19.9. The molecule has 1 aromatic heterocycles. The van der Waals surface area contributed by atoms with Gasteiger partial charge in [-0.2, -0.15) is 0 Å². The zero-order valence-corrected chi connectivity index (χ0v) is 16.6. The molecule has 0 spiro atoms. The van der Waals surface area contributed by atoms with E-state index in [1.165, 1.54) is 0 Å². The number of hydrogen-bond acceptors (Lipinski definition) is 7. The zero-order chi connectivity index (χ0) is 19.0. The van der Waals surface area contributed by atoms with Gasteiger partial charge in [0.05, 0.1) is 11.5 Å². The van der Waals surface area contributed by atoms with Crippen molar-refractivity contribution in [3.63, 3.8) is 0 Å². The smallest absolute Gasteiger partial charge is 0.246 e. The topological polar surface area (TPSA) is 95.8 Å². The quantitative estimate of drug-likeness (QED) is 0.850. The fourth-order valence-corrected chi connectivity index (χ4v) is 3.64. The van der Waals surface area contributed by atoms with Crippen molar-refractivity contribution in [3.05, 3.63) is 11.8 Å². The van der Waals surface area contributed by atoms with E-state index in [9.17, 15) is 13.2 Å². The summed E-state index contributed by atoms with van der Waals surface area (Å²) in [5.41, 5.74) is -1.07. The maximum atomic E-state index is 12.7. The number of anilines is 1. The molecule has 8 nitrogen and oxygen atoms in total. The second-order valence-corrected chi connectivity index (χ2v) is 10.3. The highest BCUT2D eigenvalue weighted by molar-refractivity contribution is 7.91. The number of amides is 1. The first-order valence-electron chi connectivity index (χ1n) is 8.31. The van der Waals surface area contributed by atoms with Crippen molar-refractivity contribution in [1.82, 2.24) is 15.2 Å². The Labute approximate surface area is 149 Å². The van der Waals surface area contributed by atoms with Crippen LogP contribution in [-0.2, 0) is 20.0 Å². The molecule has 1 fully saturated rings. The first-order chi connectivity index (χ1) is 11.3. The Hall–Kier alpha value is -1.45. The Morgan fingerprint density at radius 1 is 1.24 bits per heavy atom. The Kier molecular flexibility index (Phi) is 5.32. The molecule has 1 aromatic rings. The standard InChI is InChI=1S/C16H28N4O4S/c1-15(2,3)12-11-13(18-24-12)17-14(21)16(4,5)19(6)20-7-9-25(22,23)10-8-20/h11H,7-10H2,1-6H3,(H,17,18,21). The molecule has 0 radical (unpaired) electrons. The van der Waals surface area contributed by atoms with Crippen LogP contribution in [0.5, 0.6) is 0 Å². The third kappa shape index (κ3) is 4.59. The Morgan fingerprint density at radius 3 is 2.28 bits per heavy atom. The molecule has 1 aliphatic rings. The van der Waals surface area contributed by atoms with E-state index in [1.807, 2.05) is 25.8 Å². The summed E-state index contributed by atoms with van der Waals surface area (Å²) in [7, 11) is -1.17. The van der Waals surface area contributed by atoms with Gasteiger partial charge < -0.3 is 9.84 Å². The number of likely N-dealkylation sites (N-methyl/N-ethyl adjacent to an activating group) is 1. The van der Waals surface area contributed by atoms with Gasteiger partial charge in [-0.3, -0.25) is 4.79 Å². The summed E-state index contributed by atoms with van der Waals surface area (Å²) in [6.07, 6.45) is 0. The van der Waals surface area contributed by atoms with Crippen molar-refractivity contribution in [2.24, 2.45) is 0 Å². The number of nitrogens with zero attached hydrogens (tertiary/aromatic N) is 3. The lowest BCUT2D eigenvalue weighted by molar-refractivity contribution is -0.138. The Bertz CT molecular complexity index is 720. The number of carbonyl (C=O) groups is 1. The molecule has 0 unspecified atom stereocenters. The summed E-state index contributed by atoms with van der Waals surface area (Å²) in [6, 6.07) is 1.72. The minimum absolute atomic E-state index is 0.104. The molecule has 142 valence electrons. The van der Waals surface area contributed by atoms with Gasteiger partial charge in [0.1, 0.15) is 11.3 Å². The van der Waals surface area contributed by atoms with E-state index in [4.69, 9.17) is 4.52 Å². The maximum Gasteiger partial charge on any atom is 0.246 e. The average molecular weight is 372 g/mol. The zero-order valence-electron chi connectivity index (χ0n) is 15.8. The lowest BCUT2D eigenvalue weighted by atomic mass is 9.93. The van der Waals surface area contributed by atoms with E-state index in [1.54, 1.807) is 32.0 Å². The Balaban J connectivity index is 2.05. The monoisotopic (exact) mass is 372 g/mol. The molecule has 1 saturated heterocycles. The molecule has 2 heterocycles. The molecular formula is C16H28N4O4S. The van der Waals surface area contributed by atoms with Crippen LogP contribution in [-0.4, -0.2) is 66.7 Å². The summed E-state index contributed by atoms with van der Waals surface area (Å²) in [6.45, 7) is 10.3. The van der Waals surface area contributed by atoms with E-state index < -0.39 is 15.4 Å². The van der Waals surface area contributed by atoms with Gasteiger partial charge in [-0.1, -0.05) is 25.9 Å². The van der Waals surface area contributed by atoms with E-state index in [2.05, 4.69) is 10.5 Å². The van der Waals surface area contributed by atoms with Gasteiger partial charge in [-0.15, -0.1) is 0 Å². The molecular weight excluding hydrogens is 344 g/mol. The molecule has 1 aliphatic heterocycles. The largest absolute Gasteiger partial charge is 0.359 e. The van der Waals surface area contributed by atoms with Gasteiger partial charge in [0, 0.05) is 31.6 Å². The first-order valence-corrected chi connectivity index (χ1v) is 10.1. The highest BCUT2D eigenvalue weighted by atomic mass is 32.2. The highest BCUT2D eigenvalue weighted by Crippen LogP contribution is 2.25. The molecule has 25 heavy (non-hydrogen) atoms. The van der Waals surface area contributed by atoms with Crippen molar-refractivity contribution in [3.8, 4) is 0 Å². The van der Waals surface area contributed by atoms with Crippen LogP contribution in [0.1, 0.15) is 40.4 Å². The van der Waals surface area contributed by atoms with E-state index in [0.29, 0.717) is 24.7 Å². The molecule has 0 aromatic carbocycles. The number of hydrogen-bond donors (Lipinski definition) is 1. The normalized spacial score (nSPS) is 19.2. The third-order valence-corrected chi connectivity index (χ3v) is 6.21. The van der Waals surface area contributed by atoms with Crippen molar-refractivity contribution >= 4 is 21.6 Å². The van der Waals surface area contributed by atoms with E-state index in [-0.39, 0.29) is 22.8 Å². The SMILES string of the molecule is CN(N1CCS(=O)(=O)CC1)C(C)(C)C(=O)Nc1cc(C(C)(C)C)on1. The maximum absolute atomic E-state index is 12.7. The molecule has 0 atom stereocenters. The van der Waals surface area contributed by atoms with Gasteiger partial charge in [-0.25, -0.2) is 18.4 Å². The van der Waals surface area contributed by atoms with Crippen molar-refractivity contribution in [2.75, 3.05) is 37.0 Å². The van der Waals surface area contributed by atoms with Crippen LogP contribution >= 0.6 is 0 Å². The summed E-state index contributed by atoms with van der Waals surface area (Å²) in [5.74, 6) is 1.03. The van der Waals surface area contributed by atoms with Crippen LogP contribution < -0.4 is 5.32 Å². The van der Waals surface area contributed by atoms with E-state index in [0.717, 1.165) is 0 Å². The van der Waals surface area contributed by atoms with Crippen molar-refractivity contribution in [1.29, 1.82) is 0 Å². The van der Waals surface area contributed by atoms with Gasteiger partial charge in [0.15, 0.2) is 15.7 Å². The molecule has 2 rings (SSSR count). The summed E-state index contributed by atoms with van der Waals surface area (Å²) >= 11 is 0. The third-order valence-electron chi connectivity index (χ3n) is 4.60. The lowest BCUT2D eigenvalue weighted by Crippen LogP contribution is -2.60. The van der Waals surface area contributed by atoms with Gasteiger partial charge in [0.25, 0.3) is 0 Å². The highest BCUT2D eigenvalue weighted by Gasteiger charge is 2.38. The number of nitrogens with one attached hydrogen (secondary N) is 1. The Morgan fingerprint density at radius 2 is 1.80 bits per heavy atom. The van der Waals surface area contributed by atoms with Crippen LogP contribution in [0.25, 0.3) is 0 Å². The van der Waals surface area contributed by atoms with Crippen LogP contribution in [0.15, 0.2) is 10.6 Å². The average Bonchev–Trinajstić information content (AvgIpc) is 2.95. The van der Waals surface area contributed by atoms with Crippen LogP contribution in [0, 0.1) is 0 Å². The summed E-state index contributed by atoms with van der Waals surface area (Å²) in [5, 5.41) is 10.4. The molecule has 0 saturated carbocycles. The fourth-order valence-electron chi connectivity index (χ4n) is 2.46. The number of rotatable bonds is 4. The van der Waals surface area contributed by atoms with Gasteiger partial charge >= 0.3 is 0 Å². The molecule has 1 N–H and O–H groups in total. The minimum atomic E-state index is -2.97. The van der Waals surface area contributed by atoms with Crippen LogP contribution in [0.4, 0.5) is 5.82 Å². The van der Waals surface area contributed by atoms with Gasteiger partial charge in [0.2, 0.25) is 5.91 Å². The van der Waals surface area contributed by atoms with Crippen LogP contribution in [0.3, 0.4) is 0 Å². The second-order valence-electron chi connectivity index (χ2n) is 7.97. The second kappa shape index (κ2) is 6.69. The van der Waals surface area contributed by atoms with Crippen molar-refractivity contribution < 1.29 is 17.7 Å². The summed E-state index contributed by atoms with van der Waals surface area (Å²) < 4.78 is 28.5. The number of hydrazine groups is 1. The molecule has 0 aliphatic carbocycles. The number of sulfone groups is 1. The lowest BCUT2D eigenvalue weighted by Gasteiger charge is -2.43. The molecule has 9 heteroatoms. The van der Waals surface area contributed by atoms with Gasteiger partial charge in [-0.05, 0) is 13.8 Å². The molecule has 0 bridgehead atoms. The summed E-state index contributed by atoms with van der Waals surface area (Å²) in [4.78, 5) is 12.7. The van der Waals surface area contributed by atoms with Crippen molar-refractivity contribution in [2.45, 2.75) is 45.6 Å². The molecule has 1 amide bonds. The van der Waals surface area contributed by atoms with E-state index >= 15 is 0 Å². The minimum Gasteiger partial charge on any atom is -0.359 e. The number of carbonyl (C=O) groups excluding carboxylic acids is 1. The van der Waals surface area contributed by atoms with Crippen LogP contribution in [0.2, 0.25) is 0 Å². The fraction of sp³-hybridized carbons (Fsp3) is 0.750.